The molecule has 13 aromatic rings. The van der Waals surface area contributed by atoms with Crippen molar-refractivity contribution in [2.24, 2.45) is 0 Å². The fourth-order valence-electron chi connectivity index (χ4n) is 8.81. The van der Waals surface area contributed by atoms with Gasteiger partial charge in [0.25, 0.3) is 0 Å². The van der Waals surface area contributed by atoms with Gasteiger partial charge >= 0.3 is 0 Å². The Kier molecular flexibility index (Phi) is 4.23. The third kappa shape index (κ3) is 2.88. The number of aromatic nitrogens is 5. The molecule has 0 amide bonds. The molecule has 13 rings (SSSR count). The van der Waals surface area contributed by atoms with Crippen molar-refractivity contribution < 1.29 is 0 Å². The third-order valence-corrected chi connectivity index (χ3v) is 11.9. The van der Waals surface area contributed by atoms with Gasteiger partial charge in [0, 0.05) is 63.6 Å². The molecule has 49 heavy (non-hydrogen) atoms. The second kappa shape index (κ2) is 8.37. The molecule has 0 N–H and O–H groups in total. The summed E-state index contributed by atoms with van der Waals surface area (Å²) < 4.78 is 7.48. The minimum Gasteiger partial charge on any atom is -0.307 e. The van der Waals surface area contributed by atoms with Crippen molar-refractivity contribution in [1.82, 2.24) is 23.9 Å². The van der Waals surface area contributed by atoms with Crippen molar-refractivity contribution in [3.8, 4) is 28.7 Å². The second-order valence-corrected chi connectivity index (χ2v) is 14.3. The number of para-hydroxylation sites is 1. The van der Waals surface area contributed by atoms with Gasteiger partial charge in [0.15, 0.2) is 11.6 Å². The molecule has 0 fully saturated rings. The topological polar surface area (TPSA) is 48.0 Å². The second-order valence-electron chi connectivity index (χ2n) is 13.2. The van der Waals surface area contributed by atoms with Gasteiger partial charge in [0.1, 0.15) is 0 Å². The van der Waals surface area contributed by atoms with Crippen LogP contribution < -0.4 is 0 Å². The van der Waals surface area contributed by atoms with Crippen molar-refractivity contribution in [3.63, 3.8) is 0 Å². The molecule has 224 valence electrons. The van der Waals surface area contributed by atoms with Gasteiger partial charge in [-0.2, -0.15) is 9.97 Å². The van der Waals surface area contributed by atoms with E-state index in [0.717, 1.165) is 27.5 Å². The van der Waals surface area contributed by atoms with Crippen LogP contribution in [0.1, 0.15) is 0 Å². The number of hydrogen-bond donors (Lipinski definition) is 0. The lowest BCUT2D eigenvalue weighted by molar-refractivity contribution is 0.954. The van der Waals surface area contributed by atoms with Crippen LogP contribution in [0.5, 0.6) is 0 Å². The molecule has 6 heterocycles. The molecule has 5 nitrogen and oxygen atoms in total. The monoisotopic (exact) mass is 639 g/mol. The van der Waals surface area contributed by atoms with Crippen LogP contribution >= 0.6 is 11.3 Å². The van der Waals surface area contributed by atoms with Crippen molar-refractivity contribution in [1.29, 1.82) is 0 Å². The lowest BCUT2D eigenvalue weighted by atomic mass is 10.0. The first-order chi connectivity index (χ1) is 24.3. The Labute approximate surface area is 281 Å². The lowest BCUT2D eigenvalue weighted by Gasteiger charge is -2.11. The quantitative estimate of drug-likeness (QED) is 0.193. The van der Waals surface area contributed by atoms with Gasteiger partial charge in [-0.3, -0.25) is 4.57 Å². The van der Waals surface area contributed by atoms with Gasteiger partial charge in [-0.1, -0.05) is 97.1 Å². The normalized spacial score (nSPS) is 12.9. The number of fused-ring (bicyclic) bond motifs is 3. The molecule has 0 aliphatic rings. The van der Waals surface area contributed by atoms with E-state index in [1.54, 1.807) is 0 Å². The molecular weight excluding hydrogens is 619 g/mol. The van der Waals surface area contributed by atoms with Crippen LogP contribution in [0.4, 0.5) is 0 Å². The van der Waals surface area contributed by atoms with E-state index in [2.05, 4.69) is 118 Å². The van der Waals surface area contributed by atoms with Gasteiger partial charge in [0.2, 0.25) is 5.95 Å². The van der Waals surface area contributed by atoms with E-state index in [0.29, 0.717) is 17.6 Å². The summed E-state index contributed by atoms with van der Waals surface area (Å²) in [7, 11) is 0. The summed E-state index contributed by atoms with van der Waals surface area (Å²) in [5.41, 5.74) is 8.05. The minimum absolute atomic E-state index is 0.620. The van der Waals surface area contributed by atoms with E-state index >= 15 is 0 Å². The molecule has 0 aliphatic heterocycles. The van der Waals surface area contributed by atoms with E-state index < -0.39 is 0 Å². The molecule has 0 radical (unpaired) electrons. The van der Waals surface area contributed by atoms with Crippen LogP contribution in [0.2, 0.25) is 0 Å². The maximum Gasteiger partial charge on any atom is 0.238 e. The average Bonchev–Trinajstić information content (AvgIpc) is 3.87. The van der Waals surface area contributed by atoms with Crippen molar-refractivity contribution >= 4 is 102 Å². The number of rotatable bonds is 3. The standard InChI is InChI=1S/C43H21N5S/c1-2-8-23(9-3-1)41-44-42(25-14-13-22-7-4-5-10-24(22)21-25)46-43(45-41)47-30-18-20-32-36-34(30)35-31(47)17-15-28-26-11-6-12-27-29-16-19-33(49-32)37(36)40(29)48(38(26)27)39(28)35/h1-21H. The number of nitrogens with zero attached hydrogens (tertiary/aromatic N) is 5. The molecule has 6 heteroatoms. The molecule has 0 aliphatic carbocycles. The first-order valence-corrected chi connectivity index (χ1v) is 17.4. The van der Waals surface area contributed by atoms with E-state index in [9.17, 15) is 0 Å². The van der Waals surface area contributed by atoms with Crippen molar-refractivity contribution in [3.05, 3.63) is 127 Å². The largest absolute Gasteiger partial charge is 0.307 e. The lowest BCUT2D eigenvalue weighted by Crippen LogP contribution is -2.06. The van der Waals surface area contributed by atoms with Gasteiger partial charge in [-0.15, -0.1) is 11.3 Å². The summed E-state index contributed by atoms with van der Waals surface area (Å²) in [5, 5.41) is 12.8. The van der Waals surface area contributed by atoms with Crippen molar-refractivity contribution in [2.75, 3.05) is 0 Å². The van der Waals surface area contributed by atoms with Crippen LogP contribution in [0.15, 0.2) is 127 Å². The summed E-state index contributed by atoms with van der Waals surface area (Å²) >= 11 is 1.89. The number of benzene rings is 7. The highest BCUT2D eigenvalue weighted by Gasteiger charge is 2.29. The predicted molar refractivity (Wildman–Crippen MR) is 204 cm³/mol. The zero-order chi connectivity index (χ0) is 31.5. The van der Waals surface area contributed by atoms with Gasteiger partial charge < -0.3 is 4.40 Å². The van der Waals surface area contributed by atoms with E-state index in [4.69, 9.17) is 15.0 Å². The molecular formula is C43H21N5S. The summed E-state index contributed by atoms with van der Waals surface area (Å²) in [5.74, 6) is 1.93. The highest BCUT2D eigenvalue weighted by molar-refractivity contribution is 7.26. The van der Waals surface area contributed by atoms with Gasteiger partial charge in [-0.25, -0.2) is 4.98 Å². The molecule has 6 aromatic heterocycles. The Bertz CT molecular complexity index is 3440. The maximum atomic E-state index is 5.29. The van der Waals surface area contributed by atoms with E-state index in [-0.39, 0.29) is 0 Å². The summed E-state index contributed by atoms with van der Waals surface area (Å²) in [6, 6.07) is 45.7. The van der Waals surface area contributed by atoms with E-state index in [1.807, 2.05) is 29.5 Å². The van der Waals surface area contributed by atoms with E-state index in [1.165, 1.54) is 74.4 Å². The number of thiophene rings is 1. The highest BCUT2D eigenvalue weighted by Crippen LogP contribution is 2.53. The molecule has 0 saturated carbocycles. The summed E-state index contributed by atoms with van der Waals surface area (Å²) in [4.78, 5) is 15.6. The summed E-state index contributed by atoms with van der Waals surface area (Å²) in [6.45, 7) is 0. The van der Waals surface area contributed by atoms with Crippen LogP contribution in [0.3, 0.4) is 0 Å². The van der Waals surface area contributed by atoms with Crippen LogP contribution in [0, 0.1) is 0 Å². The third-order valence-electron chi connectivity index (χ3n) is 10.8. The molecule has 0 unspecified atom stereocenters. The van der Waals surface area contributed by atoms with Crippen LogP contribution in [0.25, 0.3) is 120 Å². The average molecular weight is 640 g/mol. The highest BCUT2D eigenvalue weighted by atomic mass is 32.1. The molecule has 0 saturated heterocycles. The minimum atomic E-state index is 0.620. The first-order valence-electron chi connectivity index (χ1n) is 16.5. The smallest absolute Gasteiger partial charge is 0.238 e. The van der Waals surface area contributed by atoms with Crippen LogP contribution in [-0.4, -0.2) is 23.9 Å². The molecule has 7 aromatic carbocycles. The zero-order valence-electron chi connectivity index (χ0n) is 25.8. The van der Waals surface area contributed by atoms with Gasteiger partial charge in [0.05, 0.1) is 27.6 Å². The fourth-order valence-corrected chi connectivity index (χ4v) is 9.93. The Morgan fingerprint density at radius 3 is 1.94 bits per heavy atom. The SMILES string of the molecule is c1ccc(-c2nc(-c3ccc4ccccc4c3)nc(-n3c4ccc5sc6ccc7c8cccc9c%10ccc3c3c4c5c6c7n(c89)c%103)n2)cc1. The summed E-state index contributed by atoms with van der Waals surface area (Å²) in [6.07, 6.45) is 0. The fraction of sp³-hybridized carbons (Fsp3) is 0. The predicted octanol–water partition coefficient (Wildman–Crippen LogP) is 11.3. The Morgan fingerprint density at radius 1 is 0.429 bits per heavy atom. The maximum absolute atomic E-state index is 5.29. The zero-order valence-corrected chi connectivity index (χ0v) is 26.6. The molecule has 0 bridgehead atoms. The molecule has 0 atom stereocenters. The Morgan fingerprint density at radius 2 is 1.08 bits per heavy atom. The Balaban J connectivity index is 1.22. The Hall–Kier alpha value is -6.37. The first kappa shape index (κ1) is 24.8. The number of hydrogen-bond acceptors (Lipinski definition) is 4. The van der Waals surface area contributed by atoms with Crippen LogP contribution in [-0.2, 0) is 0 Å². The van der Waals surface area contributed by atoms with Crippen molar-refractivity contribution in [2.45, 2.75) is 0 Å². The van der Waals surface area contributed by atoms with Gasteiger partial charge in [-0.05, 0) is 41.1 Å². The molecule has 0 spiro atoms.